The van der Waals surface area contributed by atoms with Gasteiger partial charge in [-0.15, -0.1) is 5.06 Å². The third-order valence-electron chi connectivity index (χ3n) is 8.47. The highest BCUT2D eigenvalue weighted by molar-refractivity contribution is 7.89. The second-order valence-corrected chi connectivity index (χ2v) is 13.6. The lowest BCUT2D eigenvalue weighted by Crippen LogP contribution is -2.34. The summed E-state index contributed by atoms with van der Waals surface area (Å²) in [6, 6.07) is 14.7. The number of nitrogens with two attached hydrogens (primary N) is 2. The first-order chi connectivity index (χ1) is 22.4. The number of imide groups is 1. The van der Waals surface area contributed by atoms with E-state index in [-0.39, 0.29) is 48.7 Å². The van der Waals surface area contributed by atoms with Crippen LogP contribution >= 0.6 is 0 Å². The lowest BCUT2D eigenvalue weighted by Gasteiger charge is -2.30. The number of sulfonamides is 1. The Labute approximate surface area is 274 Å². The van der Waals surface area contributed by atoms with Crippen LogP contribution in [0.1, 0.15) is 75.0 Å². The molecule has 47 heavy (non-hydrogen) atoms. The first-order valence-corrected chi connectivity index (χ1v) is 17.2. The van der Waals surface area contributed by atoms with Crippen molar-refractivity contribution in [3.05, 3.63) is 75.7 Å². The molecule has 0 spiro atoms. The summed E-state index contributed by atoms with van der Waals surface area (Å²) in [5.74, 6) is -1.15. The molecule has 2 heterocycles. The highest BCUT2D eigenvalue weighted by atomic mass is 32.2. The Morgan fingerprint density at radius 3 is 2.23 bits per heavy atom. The normalized spacial score (nSPS) is 15.4. The fraction of sp³-hybridized carbons (Fsp3) is 0.343. The summed E-state index contributed by atoms with van der Waals surface area (Å²) in [5, 5.41) is 2.13. The number of benzene rings is 3. The molecule has 0 aromatic heterocycles. The van der Waals surface area contributed by atoms with Gasteiger partial charge in [-0.1, -0.05) is 50.6 Å². The minimum absolute atomic E-state index is 0.0139. The summed E-state index contributed by atoms with van der Waals surface area (Å²) >= 11 is 0. The monoisotopic (exact) mass is 660 g/mol. The Hall–Kier alpha value is -4.68. The van der Waals surface area contributed by atoms with E-state index in [4.69, 9.17) is 21.0 Å². The fourth-order valence-electron chi connectivity index (χ4n) is 5.83. The van der Waals surface area contributed by atoms with Crippen molar-refractivity contribution in [2.24, 2.45) is 0 Å². The molecule has 1 saturated heterocycles. The van der Waals surface area contributed by atoms with Gasteiger partial charge in [0.1, 0.15) is 10.6 Å². The zero-order valence-electron chi connectivity index (χ0n) is 26.7. The van der Waals surface area contributed by atoms with Gasteiger partial charge < -0.3 is 21.0 Å². The van der Waals surface area contributed by atoms with Gasteiger partial charge in [0.2, 0.25) is 10.0 Å². The minimum atomic E-state index is -4.17. The number of nitrogens with zero attached hydrogens (tertiary/aromatic N) is 2. The van der Waals surface area contributed by atoms with Gasteiger partial charge in [-0.05, 0) is 60.9 Å². The average molecular weight is 661 g/mol. The van der Waals surface area contributed by atoms with Crippen molar-refractivity contribution in [1.29, 1.82) is 0 Å². The molecule has 1 fully saturated rings. The molecular formula is C35H40N4O7S. The van der Waals surface area contributed by atoms with Gasteiger partial charge in [0.05, 0.1) is 5.69 Å². The maximum Gasteiger partial charge on any atom is 0.333 e. The molecule has 3 aromatic carbocycles. The van der Waals surface area contributed by atoms with Crippen LogP contribution in [0, 0.1) is 6.92 Å². The summed E-state index contributed by atoms with van der Waals surface area (Å²) < 4.78 is 36.9. The Balaban J connectivity index is 1.44. The third kappa shape index (κ3) is 6.75. The van der Waals surface area contributed by atoms with Crippen molar-refractivity contribution in [2.75, 3.05) is 24.6 Å². The zero-order valence-corrected chi connectivity index (χ0v) is 27.5. The summed E-state index contributed by atoms with van der Waals surface area (Å²) in [5.41, 5.74) is 16.1. The van der Waals surface area contributed by atoms with Gasteiger partial charge >= 0.3 is 5.97 Å². The van der Waals surface area contributed by atoms with Crippen molar-refractivity contribution in [3.63, 3.8) is 0 Å². The molecule has 248 valence electrons. The molecule has 2 amide bonds. The standard InChI is InChI=1S/C35H40N4O7S/c1-4-5-20-38(21-10-6-7-13-31(42)46-39-29(40)18-19-30(39)41)47(43,44)35-28(37)17-15-26-32(24-12-9-8-11-22(24)2)25-14-16-27(36)23(3)33(25)45-34(26)35/h8-9,11-12,14-17H,2,4-7,10,13,18-21,36-37H2,1,3H3. The number of hydrogen-bond acceptors (Lipinski definition) is 9. The van der Waals surface area contributed by atoms with Crippen molar-refractivity contribution < 1.29 is 32.4 Å². The van der Waals surface area contributed by atoms with E-state index in [1.165, 1.54) is 4.31 Å². The summed E-state index contributed by atoms with van der Waals surface area (Å²) in [4.78, 5) is 40.5. The molecule has 0 unspecified atom stereocenters. The highest BCUT2D eigenvalue weighted by Crippen LogP contribution is 2.49. The molecule has 12 heteroatoms. The first kappa shape index (κ1) is 33.7. The molecule has 11 nitrogen and oxygen atoms in total. The highest BCUT2D eigenvalue weighted by Gasteiger charge is 2.36. The van der Waals surface area contributed by atoms with E-state index < -0.39 is 27.8 Å². The molecule has 4 N–H and O–H groups in total. The van der Waals surface area contributed by atoms with Crippen LogP contribution in [0.3, 0.4) is 0 Å². The average Bonchev–Trinajstić information content (AvgIpc) is 3.35. The summed E-state index contributed by atoms with van der Waals surface area (Å²) in [6.45, 7) is 8.49. The predicted molar refractivity (Wildman–Crippen MR) is 179 cm³/mol. The van der Waals surface area contributed by atoms with E-state index in [9.17, 15) is 22.8 Å². The first-order valence-electron chi connectivity index (χ1n) is 15.8. The maximum absolute atomic E-state index is 14.5. The fourth-order valence-corrected chi connectivity index (χ4v) is 7.58. The van der Waals surface area contributed by atoms with E-state index in [1.54, 1.807) is 18.2 Å². The predicted octanol–water partition coefficient (Wildman–Crippen LogP) is 3.88. The van der Waals surface area contributed by atoms with E-state index in [0.717, 1.165) is 28.0 Å². The minimum Gasteiger partial charge on any atom is -0.454 e. The molecule has 0 radical (unpaired) electrons. The number of fused-ring (bicyclic) bond motifs is 2. The molecular weight excluding hydrogens is 620 g/mol. The molecule has 3 aromatic rings. The topological polar surface area (TPSA) is 162 Å². The summed E-state index contributed by atoms with van der Waals surface area (Å²) in [7, 11) is -4.17. The van der Waals surface area contributed by atoms with Crippen LogP contribution in [0.2, 0.25) is 0 Å². The molecule has 2 aliphatic heterocycles. The van der Waals surface area contributed by atoms with Crippen LogP contribution in [0.5, 0.6) is 11.5 Å². The second kappa shape index (κ2) is 14.0. The number of carbonyl (C=O) groups is 3. The Kier molecular flexibility index (Phi) is 10.0. The Morgan fingerprint density at radius 2 is 1.55 bits per heavy atom. The van der Waals surface area contributed by atoms with Gasteiger partial charge in [-0.25, -0.2) is 13.2 Å². The van der Waals surface area contributed by atoms with Crippen molar-refractivity contribution >= 4 is 51.3 Å². The number of unbranched alkanes of at least 4 members (excludes halogenated alkanes) is 3. The lowest BCUT2D eigenvalue weighted by atomic mass is 9.89. The quantitative estimate of drug-likeness (QED) is 0.130. The zero-order chi connectivity index (χ0) is 33.9. The smallest absolute Gasteiger partial charge is 0.333 e. The van der Waals surface area contributed by atoms with Crippen molar-refractivity contribution in [3.8, 4) is 11.5 Å². The Bertz CT molecular complexity index is 1940. The third-order valence-corrected chi connectivity index (χ3v) is 10.4. The van der Waals surface area contributed by atoms with E-state index >= 15 is 0 Å². The summed E-state index contributed by atoms with van der Waals surface area (Å²) in [6.07, 6.45) is 2.80. The number of hydrogen-bond donors (Lipinski definition) is 2. The van der Waals surface area contributed by atoms with Crippen LogP contribution in [0.25, 0.3) is 12.2 Å². The van der Waals surface area contributed by atoms with E-state index in [2.05, 4.69) is 6.58 Å². The molecule has 0 aliphatic carbocycles. The van der Waals surface area contributed by atoms with Crippen molar-refractivity contribution in [2.45, 2.75) is 70.1 Å². The maximum atomic E-state index is 14.5. The molecule has 2 aliphatic rings. The molecule has 0 bridgehead atoms. The van der Waals surface area contributed by atoms with Gasteiger partial charge in [-0.3, -0.25) is 9.59 Å². The van der Waals surface area contributed by atoms with Crippen LogP contribution < -0.4 is 26.6 Å². The van der Waals surface area contributed by atoms with Gasteiger partial charge in [-0.2, -0.15) is 4.31 Å². The number of hydroxylamine groups is 2. The van der Waals surface area contributed by atoms with Crippen LogP contribution in [-0.4, -0.2) is 48.7 Å². The molecule has 0 atom stereocenters. The number of anilines is 2. The molecule has 5 rings (SSSR count). The van der Waals surface area contributed by atoms with Crippen molar-refractivity contribution in [1.82, 2.24) is 9.37 Å². The number of carbonyl (C=O) groups excluding carboxylic acids is 3. The number of rotatable bonds is 12. The molecule has 0 saturated carbocycles. The number of nitrogen functional groups attached to an aromatic ring is 2. The second-order valence-electron chi connectivity index (χ2n) is 11.8. The van der Waals surface area contributed by atoms with Crippen LogP contribution in [-0.2, 0) is 29.2 Å². The van der Waals surface area contributed by atoms with Gasteiger partial charge in [0, 0.05) is 60.3 Å². The largest absolute Gasteiger partial charge is 0.454 e. The van der Waals surface area contributed by atoms with E-state index in [1.807, 2.05) is 44.2 Å². The van der Waals surface area contributed by atoms with Gasteiger partial charge in [0.15, 0.2) is 5.75 Å². The van der Waals surface area contributed by atoms with Gasteiger partial charge in [0.25, 0.3) is 11.8 Å². The lowest BCUT2D eigenvalue weighted by molar-refractivity contribution is -0.197. The van der Waals surface area contributed by atoms with Crippen LogP contribution in [0.4, 0.5) is 11.4 Å². The number of amides is 2. The van der Waals surface area contributed by atoms with E-state index in [0.29, 0.717) is 53.3 Å². The number of ether oxygens (including phenoxy) is 1. The SMILES string of the molecule is C=c1ccccc1=C1c2ccc(N)c(C)c2Oc2c1ccc(N)c2S(=O)(=O)N(CCCC)CCCCCC(=O)ON1C(=O)CCC1=O. The van der Waals surface area contributed by atoms with Crippen LogP contribution in [0.15, 0.2) is 53.4 Å². The Morgan fingerprint density at radius 1 is 0.915 bits per heavy atom.